The molecule has 0 aliphatic heterocycles. The number of rotatable bonds is 5. The minimum atomic E-state index is -0.672. The number of aromatic nitrogens is 2. The summed E-state index contributed by atoms with van der Waals surface area (Å²) in [5.74, 6) is 0. The SMILES string of the molecule is C=C(/C=C(\C=C/N)c1ccnn1-c1ccc(C)cc1)NC(N)=O. The van der Waals surface area contributed by atoms with E-state index >= 15 is 0 Å². The zero-order chi connectivity index (χ0) is 16.8. The van der Waals surface area contributed by atoms with Crippen LogP contribution in [-0.2, 0) is 0 Å². The molecule has 0 aliphatic carbocycles. The lowest BCUT2D eigenvalue weighted by molar-refractivity contribution is 0.251. The van der Waals surface area contributed by atoms with Gasteiger partial charge < -0.3 is 16.8 Å². The molecule has 0 saturated carbocycles. The number of aryl methyl sites for hydroxylation is 1. The van der Waals surface area contributed by atoms with Gasteiger partial charge in [-0.2, -0.15) is 5.10 Å². The third-order valence-electron chi connectivity index (χ3n) is 3.11. The number of carbonyl (C=O) groups is 1. The number of benzene rings is 1. The first-order valence-corrected chi connectivity index (χ1v) is 6.98. The lowest BCUT2D eigenvalue weighted by Gasteiger charge is -2.10. The van der Waals surface area contributed by atoms with E-state index in [1.807, 2.05) is 37.3 Å². The molecule has 118 valence electrons. The maximum atomic E-state index is 10.9. The molecule has 0 unspecified atom stereocenters. The highest BCUT2D eigenvalue weighted by atomic mass is 16.2. The van der Waals surface area contributed by atoms with Gasteiger partial charge in [0.25, 0.3) is 0 Å². The number of nitrogens with zero attached hydrogens (tertiary/aromatic N) is 2. The first-order valence-electron chi connectivity index (χ1n) is 6.98. The van der Waals surface area contributed by atoms with Crippen molar-refractivity contribution < 1.29 is 4.79 Å². The van der Waals surface area contributed by atoms with E-state index in [0.717, 1.165) is 17.0 Å². The highest BCUT2D eigenvalue weighted by Gasteiger charge is 2.09. The van der Waals surface area contributed by atoms with Crippen molar-refractivity contribution in [2.24, 2.45) is 11.5 Å². The third-order valence-corrected chi connectivity index (χ3v) is 3.11. The first-order chi connectivity index (χ1) is 11.0. The molecule has 1 aromatic heterocycles. The molecular formula is C17H19N5O. The van der Waals surface area contributed by atoms with Gasteiger partial charge in [-0.1, -0.05) is 24.3 Å². The van der Waals surface area contributed by atoms with E-state index in [1.165, 1.54) is 11.8 Å². The number of hydrogen-bond donors (Lipinski definition) is 3. The van der Waals surface area contributed by atoms with Crippen molar-refractivity contribution >= 4 is 11.6 Å². The minimum Gasteiger partial charge on any atom is -0.405 e. The van der Waals surface area contributed by atoms with Gasteiger partial charge in [0.05, 0.1) is 17.6 Å². The Morgan fingerprint density at radius 3 is 2.61 bits per heavy atom. The predicted octanol–water partition coefficient (Wildman–Crippen LogP) is 2.22. The second kappa shape index (κ2) is 7.13. The second-order valence-electron chi connectivity index (χ2n) is 4.94. The fourth-order valence-electron chi connectivity index (χ4n) is 2.11. The lowest BCUT2D eigenvalue weighted by atomic mass is 10.1. The molecule has 0 spiro atoms. The fourth-order valence-corrected chi connectivity index (χ4v) is 2.11. The van der Waals surface area contributed by atoms with E-state index < -0.39 is 6.03 Å². The van der Waals surface area contributed by atoms with Gasteiger partial charge in [-0.3, -0.25) is 0 Å². The highest BCUT2D eigenvalue weighted by molar-refractivity contribution is 5.78. The smallest absolute Gasteiger partial charge is 0.316 e. The van der Waals surface area contributed by atoms with Gasteiger partial charge in [-0.25, -0.2) is 9.48 Å². The van der Waals surface area contributed by atoms with Gasteiger partial charge in [0.1, 0.15) is 0 Å². The van der Waals surface area contributed by atoms with Gasteiger partial charge in [0, 0.05) is 11.3 Å². The summed E-state index contributed by atoms with van der Waals surface area (Å²) in [4.78, 5) is 10.9. The van der Waals surface area contributed by atoms with Crippen molar-refractivity contribution in [3.8, 4) is 5.69 Å². The molecule has 1 heterocycles. The standard InChI is InChI=1S/C17H19N5O/c1-12-3-5-15(6-4-12)22-16(8-10-20-22)14(7-9-18)11-13(2)21-17(19)23/h3-11H,2,18H2,1H3,(H3,19,21,23)/b9-7-,14-11+. The lowest BCUT2D eigenvalue weighted by Crippen LogP contribution is -2.27. The Morgan fingerprint density at radius 1 is 1.30 bits per heavy atom. The Hall–Kier alpha value is -3.28. The van der Waals surface area contributed by atoms with Crippen LogP contribution < -0.4 is 16.8 Å². The topological polar surface area (TPSA) is 99.0 Å². The fraction of sp³-hybridized carbons (Fsp3) is 0.0588. The van der Waals surface area contributed by atoms with E-state index in [1.54, 1.807) is 23.0 Å². The third kappa shape index (κ3) is 4.10. The van der Waals surface area contributed by atoms with Crippen LogP contribution in [0.4, 0.5) is 4.79 Å². The number of urea groups is 1. The summed E-state index contributed by atoms with van der Waals surface area (Å²) < 4.78 is 1.78. The normalized spacial score (nSPS) is 11.6. The Balaban J connectivity index is 2.43. The highest BCUT2D eigenvalue weighted by Crippen LogP contribution is 2.20. The monoisotopic (exact) mass is 309 g/mol. The van der Waals surface area contributed by atoms with Crippen molar-refractivity contribution in [1.29, 1.82) is 0 Å². The van der Waals surface area contributed by atoms with Crippen LogP contribution in [0.25, 0.3) is 11.3 Å². The van der Waals surface area contributed by atoms with Crippen LogP contribution in [0.2, 0.25) is 0 Å². The summed E-state index contributed by atoms with van der Waals surface area (Å²) in [7, 11) is 0. The molecule has 0 atom stereocenters. The molecule has 1 aromatic carbocycles. The van der Waals surface area contributed by atoms with Crippen LogP contribution >= 0.6 is 0 Å². The van der Waals surface area contributed by atoms with Crippen LogP contribution in [-0.4, -0.2) is 15.8 Å². The maximum absolute atomic E-state index is 10.9. The Labute approximate surface area is 134 Å². The van der Waals surface area contributed by atoms with Crippen LogP contribution in [0.5, 0.6) is 0 Å². The van der Waals surface area contributed by atoms with Crippen LogP contribution in [0.1, 0.15) is 11.3 Å². The summed E-state index contributed by atoms with van der Waals surface area (Å²) in [6, 6.07) is 9.16. The first kappa shape index (κ1) is 16.1. The average Bonchev–Trinajstić information content (AvgIpc) is 2.96. The molecule has 0 radical (unpaired) electrons. The van der Waals surface area contributed by atoms with Crippen LogP contribution in [0.15, 0.2) is 67.2 Å². The van der Waals surface area contributed by atoms with Gasteiger partial charge >= 0.3 is 6.03 Å². The molecule has 0 saturated heterocycles. The van der Waals surface area contributed by atoms with Gasteiger partial charge in [-0.05, 0) is 43.5 Å². The Bertz CT molecular complexity index is 769. The van der Waals surface area contributed by atoms with E-state index in [4.69, 9.17) is 11.5 Å². The average molecular weight is 309 g/mol. The van der Waals surface area contributed by atoms with Crippen LogP contribution in [0.3, 0.4) is 0 Å². The van der Waals surface area contributed by atoms with Crippen molar-refractivity contribution in [2.75, 3.05) is 0 Å². The minimum absolute atomic E-state index is 0.363. The zero-order valence-electron chi connectivity index (χ0n) is 12.9. The molecule has 23 heavy (non-hydrogen) atoms. The van der Waals surface area contributed by atoms with Crippen molar-refractivity contribution in [3.63, 3.8) is 0 Å². The molecule has 5 N–H and O–H groups in total. The van der Waals surface area contributed by atoms with Gasteiger partial charge in [0.15, 0.2) is 0 Å². The number of carbonyl (C=O) groups excluding carboxylic acids is 1. The van der Waals surface area contributed by atoms with Crippen LogP contribution in [0, 0.1) is 6.92 Å². The summed E-state index contributed by atoms with van der Waals surface area (Å²) >= 11 is 0. The second-order valence-corrected chi connectivity index (χ2v) is 4.94. The summed E-state index contributed by atoms with van der Waals surface area (Å²) in [5.41, 5.74) is 14.6. The number of nitrogens with one attached hydrogen (secondary N) is 1. The molecule has 2 aromatic rings. The number of amides is 2. The quantitative estimate of drug-likeness (QED) is 0.738. The summed E-state index contributed by atoms with van der Waals surface area (Å²) in [5, 5.41) is 6.77. The predicted molar refractivity (Wildman–Crippen MR) is 91.5 cm³/mol. The van der Waals surface area contributed by atoms with Crippen molar-refractivity contribution in [3.05, 3.63) is 78.4 Å². The Kier molecular flexibility index (Phi) is 4.99. The van der Waals surface area contributed by atoms with Gasteiger partial charge in [-0.15, -0.1) is 0 Å². The summed E-state index contributed by atoms with van der Waals surface area (Å²) in [6.07, 6.45) is 6.49. The van der Waals surface area contributed by atoms with Crippen molar-refractivity contribution in [1.82, 2.24) is 15.1 Å². The molecule has 2 amide bonds. The van der Waals surface area contributed by atoms with E-state index in [-0.39, 0.29) is 0 Å². The van der Waals surface area contributed by atoms with E-state index in [0.29, 0.717) is 5.70 Å². The number of nitrogens with two attached hydrogens (primary N) is 2. The molecule has 2 rings (SSSR count). The molecule has 6 heteroatoms. The van der Waals surface area contributed by atoms with Crippen molar-refractivity contribution in [2.45, 2.75) is 6.92 Å². The zero-order valence-corrected chi connectivity index (χ0v) is 12.9. The number of allylic oxidation sites excluding steroid dienone is 3. The Morgan fingerprint density at radius 2 is 2.00 bits per heavy atom. The summed E-state index contributed by atoms with van der Waals surface area (Å²) in [6.45, 7) is 5.77. The molecule has 0 fully saturated rings. The van der Waals surface area contributed by atoms with Gasteiger partial charge in [0.2, 0.25) is 0 Å². The van der Waals surface area contributed by atoms with E-state index in [9.17, 15) is 4.79 Å². The largest absolute Gasteiger partial charge is 0.405 e. The molecular weight excluding hydrogens is 290 g/mol. The molecule has 0 aliphatic rings. The molecule has 0 bridgehead atoms. The molecule has 6 nitrogen and oxygen atoms in total. The number of hydrogen-bond acceptors (Lipinski definition) is 3. The maximum Gasteiger partial charge on any atom is 0.316 e. The van der Waals surface area contributed by atoms with E-state index in [2.05, 4.69) is 17.0 Å². The number of primary amides is 1.